The molecule has 0 atom stereocenters. The molecular weight excluding hydrogens is 434 g/mol. The van der Waals surface area contributed by atoms with Crippen LogP contribution >= 0.6 is 15.9 Å². The van der Waals surface area contributed by atoms with E-state index in [0.717, 1.165) is 10.0 Å². The molecule has 8 heteroatoms. The van der Waals surface area contributed by atoms with Gasteiger partial charge in [0.15, 0.2) is 0 Å². The summed E-state index contributed by atoms with van der Waals surface area (Å²) in [6.45, 7) is 1.93. The van der Waals surface area contributed by atoms with Gasteiger partial charge in [0.2, 0.25) is 0 Å². The number of aryl methyl sites for hydroxylation is 1. The zero-order valence-corrected chi connectivity index (χ0v) is 16.5. The van der Waals surface area contributed by atoms with Crippen molar-refractivity contribution in [3.05, 3.63) is 70.2 Å². The van der Waals surface area contributed by atoms with Gasteiger partial charge in [-0.25, -0.2) is 8.78 Å². The highest BCUT2D eigenvalue weighted by molar-refractivity contribution is 9.10. The summed E-state index contributed by atoms with van der Waals surface area (Å²) in [5.41, 5.74) is 1.09. The zero-order valence-electron chi connectivity index (χ0n) is 10.8. The fraction of sp³-hybridized carbons (Fsp3) is 0.0769. The van der Waals surface area contributed by atoms with Crippen molar-refractivity contribution in [2.45, 2.75) is 6.92 Å². The summed E-state index contributed by atoms with van der Waals surface area (Å²) in [7, 11) is 3.95. The van der Waals surface area contributed by atoms with Gasteiger partial charge in [-0.1, -0.05) is 33.6 Å². The molecule has 0 bridgehead atoms. The van der Waals surface area contributed by atoms with Gasteiger partial charge in [0, 0.05) is 53.5 Å². The average molecular weight is 445 g/mol. The Labute approximate surface area is 150 Å². The molecule has 0 heterocycles. The Morgan fingerprint density at radius 1 is 0.810 bits per heavy atom. The predicted molar refractivity (Wildman–Crippen MR) is 102 cm³/mol. The molecule has 0 fully saturated rings. The third-order valence-corrected chi connectivity index (χ3v) is 6.84. The molecule has 0 spiro atoms. The summed E-state index contributed by atoms with van der Waals surface area (Å²) in [6, 6.07) is 12.5. The van der Waals surface area contributed by atoms with Crippen LogP contribution in [-0.4, -0.2) is 0 Å². The second kappa shape index (κ2) is 13.5. The molecule has 0 aliphatic carbocycles. The van der Waals surface area contributed by atoms with Crippen LogP contribution in [0.5, 0.6) is 0 Å². The van der Waals surface area contributed by atoms with Crippen molar-refractivity contribution in [3.63, 3.8) is 0 Å². The monoisotopic (exact) mass is 444 g/mol. The van der Waals surface area contributed by atoms with E-state index < -0.39 is 0 Å². The first-order chi connectivity index (χ1) is 9.99. The number of halogens is 3. The summed E-state index contributed by atoms with van der Waals surface area (Å²) in [5, 5.41) is 0. The molecule has 114 valence electrons. The average Bonchev–Trinajstić information content (AvgIpc) is 2.48. The first-order valence-electron chi connectivity index (χ1n) is 5.38. The minimum absolute atomic E-state index is 0.171. The molecule has 2 rings (SSSR count). The summed E-state index contributed by atoms with van der Waals surface area (Å²) in [4.78, 5) is 0. The highest BCUT2D eigenvalue weighted by Gasteiger charge is 1.85. The lowest BCUT2D eigenvalue weighted by Gasteiger charge is -1.87. The Kier molecular flexibility index (Phi) is 13.5. The summed E-state index contributed by atoms with van der Waals surface area (Å²) < 4.78 is 25.1. The summed E-state index contributed by atoms with van der Waals surface area (Å²) >= 11 is 12.1. The highest BCUT2D eigenvalue weighted by Crippen LogP contribution is 2.08. The third kappa shape index (κ3) is 13.3. The molecule has 0 saturated carbocycles. The number of hydrogen-bond donors (Lipinski definition) is 0. The molecule has 0 nitrogen and oxygen atoms in total. The van der Waals surface area contributed by atoms with Gasteiger partial charge in [-0.3, -0.25) is 0 Å². The maximum absolute atomic E-state index is 12.1. The lowest BCUT2D eigenvalue weighted by molar-refractivity contribution is 0.627. The van der Waals surface area contributed by atoms with Gasteiger partial charge < -0.3 is 0 Å². The van der Waals surface area contributed by atoms with Crippen LogP contribution in [0.4, 0.5) is 8.78 Å². The minimum atomic E-state index is -0.201. The van der Waals surface area contributed by atoms with Crippen LogP contribution in [0, 0.1) is 18.6 Å². The number of hydrogen-bond acceptors (Lipinski definition) is 2. The van der Waals surface area contributed by atoms with E-state index in [0.29, 0.717) is 0 Å². The molecule has 0 radical (unpaired) electrons. The van der Waals surface area contributed by atoms with Crippen LogP contribution in [-0.2, 0) is 49.0 Å². The van der Waals surface area contributed by atoms with Crippen LogP contribution < -0.4 is 0 Å². The summed E-state index contributed by atoms with van der Waals surface area (Å²) in [5.74, 6) is -0.371. The number of benzene rings is 2. The molecule has 21 heavy (non-hydrogen) atoms. The Morgan fingerprint density at radius 2 is 1.19 bits per heavy atom. The Balaban J connectivity index is 0.000000296. The van der Waals surface area contributed by atoms with Gasteiger partial charge in [0.05, 0.1) is 0 Å². The summed E-state index contributed by atoms with van der Waals surface area (Å²) in [6.07, 6.45) is 0. The van der Waals surface area contributed by atoms with Gasteiger partial charge in [-0.2, -0.15) is 0 Å². The van der Waals surface area contributed by atoms with Crippen LogP contribution in [0.2, 0.25) is 0 Å². The van der Waals surface area contributed by atoms with Crippen molar-refractivity contribution in [1.29, 1.82) is 0 Å². The maximum Gasteiger partial charge on any atom is 0.123 e. The molecule has 2 aromatic rings. The van der Waals surface area contributed by atoms with E-state index in [2.05, 4.69) is 38.3 Å². The molecule has 0 N–H and O–H groups in total. The fourth-order valence-electron chi connectivity index (χ4n) is 0.974. The number of rotatable bonds is 0. The van der Waals surface area contributed by atoms with Crippen molar-refractivity contribution in [1.82, 2.24) is 0 Å². The van der Waals surface area contributed by atoms with E-state index in [1.54, 1.807) is 24.3 Å². The Bertz CT molecular complexity index is 544. The normalized spacial score (nSPS) is 8.38. The van der Waals surface area contributed by atoms with Crippen LogP contribution in [0.15, 0.2) is 53.0 Å². The smallest absolute Gasteiger partial charge is 0.123 e. The second-order valence-corrected chi connectivity index (χ2v) is 9.66. The van der Waals surface area contributed by atoms with Gasteiger partial charge in [0.25, 0.3) is 0 Å². The second-order valence-electron chi connectivity index (χ2n) is 3.44. The van der Waals surface area contributed by atoms with Gasteiger partial charge >= 0.3 is 0 Å². The molecule has 0 amide bonds. The SMILES string of the molecule is Cc1ccc(F)cc1.Fc1ccc(Br)cc1.S=S=S=S=S. The van der Waals surface area contributed by atoms with Crippen molar-refractivity contribution in [2.75, 3.05) is 0 Å². The molecule has 0 aliphatic rings. The molecule has 0 aliphatic heterocycles. The zero-order chi connectivity index (χ0) is 16.1. The molecule has 2 aromatic carbocycles. The van der Waals surface area contributed by atoms with Gasteiger partial charge in [-0.15, -0.1) is 0 Å². The van der Waals surface area contributed by atoms with E-state index >= 15 is 0 Å². The van der Waals surface area contributed by atoms with Crippen LogP contribution in [0.3, 0.4) is 0 Å². The molecule has 0 saturated heterocycles. The molecular formula is C13H11BrF2S5. The fourth-order valence-corrected chi connectivity index (χ4v) is 3.98. The van der Waals surface area contributed by atoms with Gasteiger partial charge in [-0.05, 0) is 43.3 Å². The molecule has 0 unspecified atom stereocenters. The van der Waals surface area contributed by atoms with Crippen molar-refractivity contribution < 1.29 is 8.78 Å². The van der Waals surface area contributed by atoms with Gasteiger partial charge in [0.1, 0.15) is 11.6 Å². The standard InChI is InChI=1S/C7H7F.C6H4BrF.S5/c1-6-2-4-7(8)5-3-6;7-5-1-3-6(8)4-2-5;1-3-5-4-2/h2-5H,1H3;1-4H;. The lowest BCUT2D eigenvalue weighted by atomic mass is 10.2. The maximum atomic E-state index is 12.1. The van der Waals surface area contributed by atoms with E-state index in [9.17, 15) is 8.78 Å². The van der Waals surface area contributed by atoms with E-state index in [4.69, 9.17) is 0 Å². The predicted octanol–water partition coefficient (Wildman–Crippen LogP) is 4.71. The lowest BCUT2D eigenvalue weighted by Crippen LogP contribution is -1.71. The first kappa shape index (κ1) is 20.9. The van der Waals surface area contributed by atoms with Crippen molar-refractivity contribution in [3.8, 4) is 0 Å². The Hall–Kier alpha value is -0.120. The van der Waals surface area contributed by atoms with Crippen LogP contribution in [0.1, 0.15) is 5.56 Å². The first-order valence-corrected chi connectivity index (χ1v) is 11.5. The molecule has 0 aromatic heterocycles. The minimum Gasteiger partial charge on any atom is -0.207 e. The van der Waals surface area contributed by atoms with Crippen LogP contribution in [0.25, 0.3) is 0 Å². The topological polar surface area (TPSA) is 0 Å². The van der Waals surface area contributed by atoms with E-state index in [-0.39, 0.29) is 11.6 Å². The Morgan fingerprint density at radius 3 is 1.43 bits per heavy atom. The van der Waals surface area contributed by atoms with E-state index in [1.807, 2.05) is 6.92 Å². The van der Waals surface area contributed by atoms with E-state index in [1.165, 1.54) is 50.9 Å². The van der Waals surface area contributed by atoms with Crippen molar-refractivity contribution in [2.24, 2.45) is 0 Å². The third-order valence-electron chi connectivity index (χ3n) is 1.87. The largest absolute Gasteiger partial charge is 0.207 e. The highest BCUT2D eigenvalue weighted by atomic mass is 79.9. The van der Waals surface area contributed by atoms with Crippen molar-refractivity contribution >= 4 is 64.9 Å². The quantitative estimate of drug-likeness (QED) is 0.576.